The molecule has 0 aliphatic carbocycles. The van der Waals surface area contributed by atoms with E-state index in [-0.39, 0.29) is 17.5 Å². The molecule has 6 heteroatoms. The second-order valence-corrected chi connectivity index (χ2v) is 7.65. The molecule has 0 aliphatic heterocycles. The molecule has 0 saturated carbocycles. The lowest BCUT2D eigenvalue weighted by Crippen LogP contribution is -2.24. The summed E-state index contributed by atoms with van der Waals surface area (Å²) in [5.74, 6) is -0.196. The van der Waals surface area contributed by atoms with Gasteiger partial charge in [0.2, 0.25) is 0 Å². The van der Waals surface area contributed by atoms with Crippen LogP contribution in [0, 0.1) is 13.8 Å². The van der Waals surface area contributed by atoms with Gasteiger partial charge in [-0.25, -0.2) is 4.98 Å². The van der Waals surface area contributed by atoms with Crippen LogP contribution >= 0.6 is 11.3 Å². The molecule has 3 aromatic rings. The topological polar surface area (TPSA) is 64.0 Å². The zero-order valence-corrected chi connectivity index (χ0v) is 15.6. The third-order valence-electron chi connectivity index (χ3n) is 4.16. The lowest BCUT2D eigenvalue weighted by molar-refractivity contribution is 0.0952. The minimum Gasteiger partial charge on any atom is -0.348 e. The van der Waals surface area contributed by atoms with Crippen LogP contribution in [0.25, 0.3) is 10.2 Å². The molecule has 0 bridgehead atoms. The van der Waals surface area contributed by atoms with E-state index in [4.69, 9.17) is 0 Å². The molecule has 1 aromatic carbocycles. The monoisotopic (exact) mass is 355 g/mol. The standard InChI is InChI=1S/C19H21N3O2S/c1-11(2)22-10-21-16-15(13(4)25-17(16)19(22)24)18(23)20-9-14-7-5-12(3)6-8-14/h5-8,10-11H,9H2,1-4H3,(H,20,23). The second kappa shape index (κ2) is 6.80. The molecule has 0 spiro atoms. The number of nitrogens with one attached hydrogen (secondary N) is 1. The number of nitrogens with zero attached hydrogens (tertiary/aromatic N) is 2. The molecule has 0 atom stereocenters. The maximum absolute atomic E-state index is 12.7. The summed E-state index contributed by atoms with van der Waals surface area (Å²) < 4.78 is 2.13. The fraction of sp³-hybridized carbons (Fsp3) is 0.316. The van der Waals surface area contributed by atoms with Gasteiger partial charge in [-0.05, 0) is 33.3 Å². The van der Waals surface area contributed by atoms with Gasteiger partial charge in [-0.15, -0.1) is 11.3 Å². The van der Waals surface area contributed by atoms with E-state index in [1.165, 1.54) is 23.2 Å². The number of thiophene rings is 1. The Morgan fingerprint density at radius 2 is 1.92 bits per heavy atom. The second-order valence-electron chi connectivity index (χ2n) is 6.43. The SMILES string of the molecule is Cc1ccc(CNC(=O)c2c(C)sc3c(=O)n(C(C)C)cnc23)cc1. The molecule has 0 radical (unpaired) electrons. The van der Waals surface area contributed by atoms with Crippen LogP contribution < -0.4 is 10.9 Å². The van der Waals surface area contributed by atoms with Crippen molar-refractivity contribution >= 4 is 27.5 Å². The van der Waals surface area contributed by atoms with Crippen LogP contribution in [0.5, 0.6) is 0 Å². The highest BCUT2D eigenvalue weighted by Crippen LogP contribution is 2.27. The number of carbonyl (C=O) groups is 1. The van der Waals surface area contributed by atoms with Gasteiger partial charge in [-0.2, -0.15) is 0 Å². The molecule has 0 saturated heterocycles. The van der Waals surface area contributed by atoms with E-state index < -0.39 is 0 Å². The van der Waals surface area contributed by atoms with E-state index in [0.29, 0.717) is 22.3 Å². The summed E-state index contributed by atoms with van der Waals surface area (Å²) in [6, 6.07) is 8.05. The van der Waals surface area contributed by atoms with Gasteiger partial charge in [0.15, 0.2) is 0 Å². The number of hydrogen-bond acceptors (Lipinski definition) is 4. The molecular formula is C19H21N3O2S. The highest BCUT2D eigenvalue weighted by atomic mass is 32.1. The van der Waals surface area contributed by atoms with Crippen molar-refractivity contribution in [1.82, 2.24) is 14.9 Å². The summed E-state index contributed by atoms with van der Waals surface area (Å²) >= 11 is 1.33. The largest absolute Gasteiger partial charge is 0.348 e. The number of benzene rings is 1. The molecule has 2 aromatic heterocycles. The van der Waals surface area contributed by atoms with E-state index in [9.17, 15) is 9.59 Å². The van der Waals surface area contributed by atoms with E-state index in [1.54, 1.807) is 4.57 Å². The molecule has 0 unspecified atom stereocenters. The first-order valence-corrected chi connectivity index (χ1v) is 9.04. The molecular weight excluding hydrogens is 334 g/mol. The van der Waals surface area contributed by atoms with Crippen LogP contribution in [-0.4, -0.2) is 15.5 Å². The Balaban J connectivity index is 1.91. The maximum Gasteiger partial charge on any atom is 0.271 e. The first-order chi connectivity index (χ1) is 11.9. The number of rotatable bonds is 4. The molecule has 0 fully saturated rings. The Hall–Kier alpha value is -2.47. The first kappa shape index (κ1) is 17.4. The van der Waals surface area contributed by atoms with Crippen molar-refractivity contribution in [3.8, 4) is 0 Å². The Labute approximate surface area is 150 Å². The molecule has 1 N–H and O–H groups in total. The van der Waals surface area contributed by atoms with Crippen LogP contribution in [0.2, 0.25) is 0 Å². The van der Waals surface area contributed by atoms with Gasteiger partial charge in [-0.3, -0.25) is 14.2 Å². The summed E-state index contributed by atoms with van der Waals surface area (Å²) in [6.45, 7) is 8.19. The number of carbonyl (C=O) groups excluding carboxylic acids is 1. The summed E-state index contributed by atoms with van der Waals surface area (Å²) in [5.41, 5.74) is 3.11. The zero-order chi connectivity index (χ0) is 18.1. The highest BCUT2D eigenvalue weighted by Gasteiger charge is 2.20. The van der Waals surface area contributed by atoms with Gasteiger partial charge in [0.25, 0.3) is 11.5 Å². The van der Waals surface area contributed by atoms with Gasteiger partial charge < -0.3 is 5.32 Å². The van der Waals surface area contributed by atoms with Gasteiger partial charge in [0.05, 0.1) is 11.9 Å². The predicted octanol–water partition coefficient (Wildman–Crippen LogP) is 3.59. The number of aromatic nitrogens is 2. The minimum absolute atomic E-state index is 0.0330. The van der Waals surface area contributed by atoms with Crippen molar-refractivity contribution in [2.75, 3.05) is 0 Å². The van der Waals surface area contributed by atoms with Crippen LogP contribution in [0.1, 0.15) is 46.3 Å². The Kier molecular flexibility index (Phi) is 4.72. The first-order valence-electron chi connectivity index (χ1n) is 8.22. The molecule has 130 valence electrons. The Morgan fingerprint density at radius 3 is 2.56 bits per heavy atom. The molecule has 2 heterocycles. The summed E-state index contributed by atoms with van der Waals surface area (Å²) in [4.78, 5) is 30.4. The normalized spacial score (nSPS) is 11.2. The lowest BCUT2D eigenvalue weighted by Gasteiger charge is -2.09. The predicted molar refractivity (Wildman–Crippen MR) is 101 cm³/mol. The number of fused-ring (bicyclic) bond motifs is 1. The summed E-state index contributed by atoms with van der Waals surface area (Å²) in [5, 5.41) is 2.93. The molecule has 1 amide bonds. The van der Waals surface area contributed by atoms with Crippen molar-refractivity contribution in [2.24, 2.45) is 0 Å². The third-order valence-corrected chi connectivity index (χ3v) is 5.24. The van der Waals surface area contributed by atoms with Crippen LogP contribution in [0.4, 0.5) is 0 Å². The molecule has 5 nitrogen and oxygen atoms in total. The zero-order valence-electron chi connectivity index (χ0n) is 14.8. The number of aryl methyl sites for hydroxylation is 2. The van der Waals surface area contributed by atoms with E-state index in [2.05, 4.69) is 10.3 Å². The van der Waals surface area contributed by atoms with Gasteiger partial charge in [-0.1, -0.05) is 29.8 Å². The van der Waals surface area contributed by atoms with E-state index in [1.807, 2.05) is 52.0 Å². The van der Waals surface area contributed by atoms with Gasteiger partial charge in [0, 0.05) is 17.5 Å². The number of amides is 1. The van der Waals surface area contributed by atoms with E-state index in [0.717, 1.165) is 10.4 Å². The minimum atomic E-state index is -0.196. The average Bonchev–Trinajstić information content (AvgIpc) is 2.91. The maximum atomic E-state index is 12.7. The quantitative estimate of drug-likeness (QED) is 0.778. The molecule has 3 rings (SSSR count). The Morgan fingerprint density at radius 1 is 1.24 bits per heavy atom. The van der Waals surface area contributed by atoms with Crippen LogP contribution in [0.15, 0.2) is 35.4 Å². The summed E-state index contributed by atoms with van der Waals surface area (Å²) in [7, 11) is 0. The third kappa shape index (κ3) is 3.35. The van der Waals surface area contributed by atoms with Crippen molar-refractivity contribution in [3.05, 3.63) is 62.5 Å². The van der Waals surface area contributed by atoms with Crippen LogP contribution in [0.3, 0.4) is 0 Å². The van der Waals surface area contributed by atoms with Crippen molar-refractivity contribution in [1.29, 1.82) is 0 Å². The van der Waals surface area contributed by atoms with E-state index >= 15 is 0 Å². The molecule has 25 heavy (non-hydrogen) atoms. The molecule has 0 aliphatic rings. The van der Waals surface area contributed by atoms with Crippen molar-refractivity contribution in [3.63, 3.8) is 0 Å². The van der Waals surface area contributed by atoms with Crippen molar-refractivity contribution < 1.29 is 4.79 Å². The summed E-state index contributed by atoms with van der Waals surface area (Å²) in [6.07, 6.45) is 1.53. The smallest absolute Gasteiger partial charge is 0.271 e. The van der Waals surface area contributed by atoms with Crippen LogP contribution in [-0.2, 0) is 6.54 Å². The van der Waals surface area contributed by atoms with Gasteiger partial charge in [0.1, 0.15) is 10.2 Å². The lowest BCUT2D eigenvalue weighted by atomic mass is 10.1. The number of hydrogen-bond donors (Lipinski definition) is 1. The highest BCUT2D eigenvalue weighted by molar-refractivity contribution is 7.19. The fourth-order valence-corrected chi connectivity index (χ4v) is 3.74. The average molecular weight is 355 g/mol. The Bertz CT molecular complexity index is 984. The fourth-order valence-electron chi connectivity index (χ4n) is 2.70. The van der Waals surface area contributed by atoms with Gasteiger partial charge >= 0.3 is 0 Å². The van der Waals surface area contributed by atoms with Crippen molar-refractivity contribution in [2.45, 2.75) is 40.3 Å².